The highest BCUT2D eigenvalue weighted by Gasteiger charge is 2.29. The van der Waals surface area contributed by atoms with Crippen LogP contribution in [0.4, 0.5) is 0 Å². The Morgan fingerprint density at radius 1 is 1.08 bits per heavy atom. The van der Waals surface area contributed by atoms with Crippen LogP contribution in [-0.4, -0.2) is 15.8 Å². The van der Waals surface area contributed by atoms with E-state index in [1.807, 2.05) is 19.9 Å². The lowest BCUT2D eigenvalue weighted by atomic mass is 9.99. The fourth-order valence-corrected chi connectivity index (χ4v) is 2.95. The first-order valence-electron chi connectivity index (χ1n) is 7.87. The molecule has 5 nitrogen and oxygen atoms in total. The molecule has 126 valence electrons. The summed E-state index contributed by atoms with van der Waals surface area (Å²) >= 11 is 0. The molecule has 0 saturated heterocycles. The van der Waals surface area contributed by atoms with E-state index in [4.69, 9.17) is 9.15 Å². The van der Waals surface area contributed by atoms with Crippen LogP contribution in [0.25, 0.3) is 28.4 Å². The minimum absolute atomic E-state index is 0.0536. The van der Waals surface area contributed by atoms with Crippen LogP contribution in [0.1, 0.15) is 19.4 Å². The minimum atomic E-state index is -0.645. The summed E-state index contributed by atoms with van der Waals surface area (Å²) in [5, 5.41) is 20.8. The highest BCUT2D eigenvalue weighted by molar-refractivity contribution is 5.93. The molecule has 0 fully saturated rings. The molecule has 1 aliphatic rings. The Morgan fingerprint density at radius 2 is 1.80 bits per heavy atom. The first kappa shape index (κ1) is 15.3. The summed E-state index contributed by atoms with van der Waals surface area (Å²) in [6.45, 7) is 3.67. The molecule has 2 N–H and O–H groups in total. The maximum absolute atomic E-state index is 12.8. The van der Waals surface area contributed by atoms with Crippen molar-refractivity contribution in [2.24, 2.45) is 0 Å². The van der Waals surface area contributed by atoms with Crippen LogP contribution in [0.5, 0.6) is 17.2 Å². The number of aromatic hydroxyl groups is 2. The van der Waals surface area contributed by atoms with Gasteiger partial charge in [-0.15, -0.1) is 0 Å². The smallest absolute Gasteiger partial charge is 0.238 e. The lowest BCUT2D eigenvalue weighted by Crippen LogP contribution is -2.28. The van der Waals surface area contributed by atoms with Gasteiger partial charge in [0.05, 0.1) is 5.56 Å². The molecule has 5 heteroatoms. The van der Waals surface area contributed by atoms with Crippen molar-refractivity contribution in [2.45, 2.75) is 19.4 Å². The van der Waals surface area contributed by atoms with Gasteiger partial charge in [0.2, 0.25) is 11.2 Å². The van der Waals surface area contributed by atoms with E-state index in [0.717, 1.165) is 0 Å². The van der Waals surface area contributed by atoms with Crippen LogP contribution in [0.2, 0.25) is 0 Å². The van der Waals surface area contributed by atoms with Crippen LogP contribution in [-0.2, 0) is 0 Å². The van der Waals surface area contributed by atoms with E-state index in [1.165, 1.54) is 6.07 Å². The zero-order valence-corrected chi connectivity index (χ0v) is 13.7. The minimum Gasteiger partial charge on any atom is -0.507 e. The summed E-state index contributed by atoms with van der Waals surface area (Å²) < 4.78 is 11.6. The Labute approximate surface area is 143 Å². The molecule has 0 saturated carbocycles. The molecule has 0 atom stereocenters. The lowest BCUT2D eigenvalue weighted by molar-refractivity contribution is 0.160. The third-order valence-electron chi connectivity index (χ3n) is 4.18. The van der Waals surface area contributed by atoms with Gasteiger partial charge in [0.1, 0.15) is 28.1 Å². The molecule has 0 amide bonds. The molecule has 4 rings (SSSR count). The molecule has 0 bridgehead atoms. The Hall–Kier alpha value is -3.21. The predicted octanol–water partition coefficient (Wildman–Crippen LogP) is 4.06. The number of benzene rings is 2. The molecule has 3 aromatic rings. The van der Waals surface area contributed by atoms with Gasteiger partial charge in [-0.3, -0.25) is 4.79 Å². The quantitative estimate of drug-likeness (QED) is 0.700. The zero-order chi connectivity index (χ0) is 17.8. The maximum atomic E-state index is 12.8. The SMILES string of the molecule is CC1(C)C=Cc2c(O)cc3oc(-c4ccccc4)c(O)c(=O)c3c2O1. The highest BCUT2D eigenvalue weighted by atomic mass is 16.5. The van der Waals surface area contributed by atoms with Crippen molar-refractivity contribution in [1.29, 1.82) is 0 Å². The van der Waals surface area contributed by atoms with Crippen molar-refractivity contribution in [2.75, 3.05) is 0 Å². The lowest BCUT2D eigenvalue weighted by Gasteiger charge is -2.28. The van der Waals surface area contributed by atoms with Crippen molar-refractivity contribution in [3.8, 4) is 28.6 Å². The molecule has 2 heterocycles. The summed E-state index contributed by atoms with van der Waals surface area (Å²) in [6.07, 6.45) is 3.50. The Bertz CT molecular complexity index is 1070. The number of rotatable bonds is 1. The van der Waals surface area contributed by atoms with Crippen LogP contribution in [0, 0.1) is 0 Å². The van der Waals surface area contributed by atoms with E-state index in [0.29, 0.717) is 11.1 Å². The number of hydrogen-bond donors (Lipinski definition) is 2. The molecular weight excluding hydrogens is 320 g/mol. The van der Waals surface area contributed by atoms with Gasteiger partial charge < -0.3 is 19.4 Å². The van der Waals surface area contributed by atoms with Gasteiger partial charge in [-0.1, -0.05) is 30.3 Å². The molecular formula is C20H16O5. The van der Waals surface area contributed by atoms with Crippen molar-refractivity contribution < 1.29 is 19.4 Å². The molecule has 0 radical (unpaired) electrons. The van der Waals surface area contributed by atoms with Gasteiger partial charge in [0.15, 0.2) is 5.76 Å². The zero-order valence-electron chi connectivity index (χ0n) is 13.7. The average molecular weight is 336 g/mol. The number of phenolic OH excluding ortho intramolecular Hbond substituents is 1. The second kappa shape index (κ2) is 5.14. The van der Waals surface area contributed by atoms with Crippen molar-refractivity contribution in [1.82, 2.24) is 0 Å². The molecule has 25 heavy (non-hydrogen) atoms. The fraction of sp³-hybridized carbons (Fsp3) is 0.150. The monoisotopic (exact) mass is 336 g/mol. The average Bonchev–Trinajstić information content (AvgIpc) is 2.57. The molecule has 1 aromatic heterocycles. The van der Waals surface area contributed by atoms with Crippen molar-refractivity contribution in [3.05, 3.63) is 58.3 Å². The Morgan fingerprint density at radius 3 is 2.52 bits per heavy atom. The van der Waals surface area contributed by atoms with E-state index in [9.17, 15) is 15.0 Å². The third kappa shape index (κ3) is 2.36. The second-order valence-electron chi connectivity index (χ2n) is 6.53. The third-order valence-corrected chi connectivity index (χ3v) is 4.18. The van der Waals surface area contributed by atoms with Gasteiger partial charge >= 0.3 is 0 Å². The summed E-state index contributed by atoms with van der Waals surface area (Å²) in [5.41, 5.74) is -0.122. The van der Waals surface area contributed by atoms with Gasteiger partial charge in [-0.25, -0.2) is 0 Å². The summed E-state index contributed by atoms with van der Waals surface area (Å²) in [6, 6.07) is 10.2. The summed E-state index contributed by atoms with van der Waals surface area (Å²) in [7, 11) is 0. The van der Waals surface area contributed by atoms with Gasteiger partial charge in [-0.05, 0) is 26.0 Å². The fourth-order valence-electron chi connectivity index (χ4n) is 2.95. The van der Waals surface area contributed by atoms with Crippen LogP contribution >= 0.6 is 0 Å². The largest absolute Gasteiger partial charge is 0.507 e. The van der Waals surface area contributed by atoms with Crippen molar-refractivity contribution in [3.63, 3.8) is 0 Å². The second-order valence-corrected chi connectivity index (χ2v) is 6.53. The van der Waals surface area contributed by atoms with Gasteiger partial charge in [-0.2, -0.15) is 0 Å². The van der Waals surface area contributed by atoms with E-state index in [-0.39, 0.29) is 28.2 Å². The van der Waals surface area contributed by atoms with Crippen LogP contribution in [0.3, 0.4) is 0 Å². The van der Waals surface area contributed by atoms with E-state index in [2.05, 4.69) is 0 Å². The van der Waals surface area contributed by atoms with Crippen molar-refractivity contribution >= 4 is 17.0 Å². The van der Waals surface area contributed by atoms with Gasteiger partial charge in [0, 0.05) is 11.6 Å². The van der Waals surface area contributed by atoms with E-state index in [1.54, 1.807) is 36.4 Å². The molecule has 1 aliphatic heterocycles. The van der Waals surface area contributed by atoms with Gasteiger partial charge in [0.25, 0.3) is 0 Å². The highest BCUT2D eigenvalue weighted by Crippen LogP contribution is 2.43. The first-order valence-corrected chi connectivity index (χ1v) is 7.87. The Balaban J connectivity index is 2.08. The summed E-state index contributed by atoms with van der Waals surface area (Å²) in [4.78, 5) is 12.8. The molecule has 0 unspecified atom stereocenters. The standard InChI is InChI=1S/C20H16O5/c1-20(2)9-8-12-13(21)10-14-15(19(12)25-20)16(22)17(23)18(24-14)11-6-4-3-5-7-11/h3-10,21,23H,1-2H3. The normalized spacial score (nSPS) is 15.0. The number of ether oxygens (including phenoxy) is 1. The predicted molar refractivity (Wildman–Crippen MR) is 95.0 cm³/mol. The maximum Gasteiger partial charge on any atom is 0.238 e. The van der Waals surface area contributed by atoms with E-state index < -0.39 is 16.8 Å². The Kier molecular flexibility index (Phi) is 3.15. The number of phenols is 1. The summed E-state index contributed by atoms with van der Waals surface area (Å²) in [5.74, 6) is -0.265. The first-order chi connectivity index (χ1) is 11.9. The topological polar surface area (TPSA) is 79.9 Å². The molecule has 0 aliphatic carbocycles. The number of fused-ring (bicyclic) bond motifs is 3. The van der Waals surface area contributed by atoms with Crippen LogP contribution in [0.15, 0.2) is 51.7 Å². The molecule has 2 aromatic carbocycles. The van der Waals surface area contributed by atoms with E-state index >= 15 is 0 Å². The van der Waals surface area contributed by atoms with Crippen LogP contribution < -0.4 is 10.2 Å². The number of hydrogen-bond acceptors (Lipinski definition) is 5. The molecule has 0 spiro atoms.